The molecule has 1 saturated heterocycles. The van der Waals surface area contributed by atoms with Crippen LogP contribution in [0.25, 0.3) is 0 Å². The maximum absolute atomic E-state index is 12.8. The van der Waals surface area contributed by atoms with E-state index in [1.165, 1.54) is 16.7 Å². The summed E-state index contributed by atoms with van der Waals surface area (Å²) in [5, 5.41) is 0.752. The molecule has 4 heteroatoms. The molecule has 1 aliphatic heterocycles. The van der Waals surface area contributed by atoms with Gasteiger partial charge in [0.15, 0.2) is 0 Å². The molecule has 26 heavy (non-hydrogen) atoms. The van der Waals surface area contributed by atoms with Gasteiger partial charge in [0.05, 0.1) is 0 Å². The largest absolute Gasteiger partial charge is 0.340 e. The summed E-state index contributed by atoms with van der Waals surface area (Å²) in [6, 6.07) is 16.6. The number of carbonyl (C=O) groups excluding carboxylic acids is 1. The first-order valence-electron chi connectivity index (χ1n) is 9.42. The Kier molecular flexibility index (Phi) is 5.01. The van der Waals surface area contributed by atoms with Crippen molar-refractivity contribution in [2.75, 3.05) is 26.2 Å². The number of halogens is 1. The molecule has 1 heterocycles. The molecule has 136 valence electrons. The van der Waals surface area contributed by atoms with E-state index in [0.717, 1.165) is 44.2 Å². The number of hydrogen-bond donors (Lipinski definition) is 0. The van der Waals surface area contributed by atoms with Crippen molar-refractivity contribution in [3.63, 3.8) is 0 Å². The Labute approximate surface area is 160 Å². The normalized spacial score (nSPS) is 23.1. The van der Waals surface area contributed by atoms with E-state index in [9.17, 15) is 4.79 Å². The van der Waals surface area contributed by atoms with Gasteiger partial charge in [0.1, 0.15) is 0 Å². The molecular formula is C22H25ClN2O. The molecule has 2 aromatic carbocycles. The zero-order valence-electron chi connectivity index (χ0n) is 15.2. The van der Waals surface area contributed by atoms with Gasteiger partial charge in [-0.25, -0.2) is 0 Å². The van der Waals surface area contributed by atoms with Gasteiger partial charge in [0.25, 0.3) is 0 Å². The van der Waals surface area contributed by atoms with Crippen LogP contribution in [0.4, 0.5) is 0 Å². The molecule has 0 N–H and O–H groups in total. The van der Waals surface area contributed by atoms with E-state index in [1.54, 1.807) is 0 Å². The van der Waals surface area contributed by atoms with Gasteiger partial charge in [-0.15, -0.1) is 0 Å². The van der Waals surface area contributed by atoms with Crippen LogP contribution in [0.1, 0.15) is 29.0 Å². The lowest BCUT2D eigenvalue weighted by molar-refractivity contribution is -0.134. The minimum Gasteiger partial charge on any atom is -0.340 e. The van der Waals surface area contributed by atoms with E-state index in [1.807, 2.05) is 12.1 Å². The summed E-state index contributed by atoms with van der Waals surface area (Å²) in [5.74, 6) is 0.879. The number of hydrogen-bond acceptors (Lipinski definition) is 2. The Bertz CT molecular complexity index is 781. The van der Waals surface area contributed by atoms with Crippen LogP contribution in [0.2, 0.25) is 5.02 Å². The van der Waals surface area contributed by atoms with Crippen LogP contribution < -0.4 is 0 Å². The van der Waals surface area contributed by atoms with Crippen molar-refractivity contribution in [2.24, 2.45) is 5.92 Å². The number of amides is 1. The molecule has 2 fully saturated rings. The number of piperazine rings is 1. The fourth-order valence-electron chi connectivity index (χ4n) is 3.98. The lowest BCUT2D eigenvalue weighted by Gasteiger charge is -2.35. The first-order valence-corrected chi connectivity index (χ1v) is 9.80. The SMILES string of the molecule is Cc1cccc(CN2CCN(C(=O)C3CC3c3ccc(Cl)cc3)CC2)c1. The number of nitrogens with zero attached hydrogens (tertiary/aromatic N) is 2. The molecule has 1 aliphatic carbocycles. The molecule has 0 aromatic heterocycles. The maximum atomic E-state index is 12.8. The fraction of sp³-hybridized carbons (Fsp3) is 0.409. The number of rotatable bonds is 4. The van der Waals surface area contributed by atoms with Gasteiger partial charge in [0, 0.05) is 43.7 Å². The van der Waals surface area contributed by atoms with Crippen LogP contribution in [-0.4, -0.2) is 41.9 Å². The highest BCUT2D eigenvalue weighted by Crippen LogP contribution is 2.48. The van der Waals surface area contributed by atoms with Crippen molar-refractivity contribution >= 4 is 17.5 Å². The van der Waals surface area contributed by atoms with E-state index in [0.29, 0.717) is 11.8 Å². The second-order valence-electron chi connectivity index (χ2n) is 7.59. The van der Waals surface area contributed by atoms with Crippen LogP contribution in [-0.2, 0) is 11.3 Å². The molecule has 2 unspecified atom stereocenters. The molecule has 3 nitrogen and oxygen atoms in total. The van der Waals surface area contributed by atoms with E-state index in [-0.39, 0.29) is 5.92 Å². The average Bonchev–Trinajstić information content (AvgIpc) is 3.43. The maximum Gasteiger partial charge on any atom is 0.226 e. The molecule has 2 atom stereocenters. The molecule has 4 rings (SSSR count). The third-order valence-electron chi connectivity index (χ3n) is 5.58. The molecule has 0 bridgehead atoms. The topological polar surface area (TPSA) is 23.6 Å². The summed E-state index contributed by atoms with van der Waals surface area (Å²) in [4.78, 5) is 17.3. The zero-order chi connectivity index (χ0) is 18.1. The van der Waals surface area contributed by atoms with Crippen LogP contribution in [0.3, 0.4) is 0 Å². The van der Waals surface area contributed by atoms with Gasteiger partial charge in [-0.05, 0) is 42.5 Å². The van der Waals surface area contributed by atoms with Crippen molar-refractivity contribution < 1.29 is 4.79 Å². The number of benzene rings is 2. The predicted molar refractivity (Wildman–Crippen MR) is 105 cm³/mol. The summed E-state index contributed by atoms with van der Waals surface area (Å²) in [6.45, 7) is 6.70. The Hall–Kier alpha value is -1.84. The van der Waals surface area contributed by atoms with Crippen LogP contribution in [0.15, 0.2) is 48.5 Å². The fourth-order valence-corrected chi connectivity index (χ4v) is 4.10. The highest BCUT2D eigenvalue weighted by Gasteiger charge is 2.46. The Balaban J connectivity index is 1.28. The van der Waals surface area contributed by atoms with Crippen molar-refractivity contribution in [3.05, 3.63) is 70.2 Å². The highest BCUT2D eigenvalue weighted by atomic mass is 35.5. The molecule has 1 amide bonds. The molecule has 0 radical (unpaired) electrons. The highest BCUT2D eigenvalue weighted by molar-refractivity contribution is 6.30. The Morgan fingerprint density at radius 1 is 1.08 bits per heavy atom. The van der Waals surface area contributed by atoms with E-state index < -0.39 is 0 Å². The summed E-state index contributed by atoms with van der Waals surface area (Å²) in [7, 11) is 0. The zero-order valence-corrected chi connectivity index (χ0v) is 16.0. The molecular weight excluding hydrogens is 344 g/mol. The van der Waals surface area contributed by atoms with Gasteiger partial charge in [-0.2, -0.15) is 0 Å². The van der Waals surface area contributed by atoms with Crippen molar-refractivity contribution in [3.8, 4) is 0 Å². The summed E-state index contributed by atoms with van der Waals surface area (Å²) >= 11 is 5.96. The van der Waals surface area contributed by atoms with Crippen molar-refractivity contribution in [2.45, 2.75) is 25.8 Å². The average molecular weight is 369 g/mol. The van der Waals surface area contributed by atoms with Gasteiger partial charge in [0.2, 0.25) is 5.91 Å². The van der Waals surface area contributed by atoms with Crippen LogP contribution in [0.5, 0.6) is 0 Å². The number of aryl methyl sites for hydroxylation is 1. The first-order chi connectivity index (χ1) is 12.6. The molecule has 2 aliphatic rings. The lowest BCUT2D eigenvalue weighted by atomic mass is 10.1. The second-order valence-corrected chi connectivity index (χ2v) is 8.03. The van der Waals surface area contributed by atoms with Crippen molar-refractivity contribution in [1.82, 2.24) is 9.80 Å². The second kappa shape index (κ2) is 7.42. The van der Waals surface area contributed by atoms with Gasteiger partial charge < -0.3 is 4.90 Å². The van der Waals surface area contributed by atoms with Crippen LogP contribution in [0, 0.1) is 12.8 Å². The van der Waals surface area contributed by atoms with E-state index in [2.05, 4.69) is 53.1 Å². The van der Waals surface area contributed by atoms with Gasteiger partial charge in [-0.1, -0.05) is 53.6 Å². The lowest BCUT2D eigenvalue weighted by Crippen LogP contribution is -2.48. The van der Waals surface area contributed by atoms with Gasteiger partial charge in [-0.3, -0.25) is 9.69 Å². The minimum atomic E-state index is 0.166. The third-order valence-corrected chi connectivity index (χ3v) is 5.83. The van der Waals surface area contributed by atoms with E-state index >= 15 is 0 Å². The first kappa shape index (κ1) is 17.6. The number of carbonyl (C=O) groups is 1. The monoisotopic (exact) mass is 368 g/mol. The standard InChI is InChI=1S/C22H25ClN2O/c1-16-3-2-4-17(13-16)15-24-9-11-25(12-10-24)22(26)21-14-20(21)18-5-7-19(23)8-6-18/h2-8,13,20-21H,9-12,14-15H2,1H3. The summed E-state index contributed by atoms with van der Waals surface area (Å²) in [5.41, 5.74) is 3.90. The summed E-state index contributed by atoms with van der Waals surface area (Å²) in [6.07, 6.45) is 0.976. The Morgan fingerprint density at radius 3 is 2.50 bits per heavy atom. The molecule has 2 aromatic rings. The third kappa shape index (κ3) is 3.94. The summed E-state index contributed by atoms with van der Waals surface area (Å²) < 4.78 is 0. The minimum absolute atomic E-state index is 0.166. The smallest absolute Gasteiger partial charge is 0.226 e. The molecule has 0 spiro atoms. The predicted octanol–water partition coefficient (Wildman–Crippen LogP) is 4.10. The molecule has 1 saturated carbocycles. The van der Waals surface area contributed by atoms with Gasteiger partial charge >= 0.3 is 0 Å². The Morgan fingerprint density at radius 2 is 1.81 bits per heavy atom. The van der Waals surface area contributed by atoms with Crippen LogP contribution >= 0.6 is 11.6 Å². The quantitative estimate of drug-likeness (QED) is 0.811. The van der Waals surface area contributed by atoms with Crippen molar-refractivity contribution in [1.29, 1.82) is 0 Å². The van der Waals surface area contributed by atoms with E-state index in [4.69, 9.17) is 11.6 Å².